The smallest absolute Gasteiger partial charge is 0.0353 e. The van der Waals surface area contributed by atoms with Crippen LogP contribution >= 0.6 is 20.2 Å². The van der Waals surface area contributed by atoms with Gasteiger partial charge in [0, 0.05) is 11.5 Å². The second-order valence-electron chi connectivity index (χ2n) is 4.16. The van der Waals surface area contributed by atoms with E-state index in [1.807, 2.05) is 36.4 Å². The summed E-state index contributed by atoms with van der Waals surface area (Å²) in [4.78, 5) is 0. The lowest BCUT2D eigenvalue weighted by atomic mass is 10.2. The number of rotatable bonds is 5. The van der Waals surface area contributed by atoms with Gasteiger partial charge >= 0.3 is 0 Å². The molecule has 0 atom stereocenters. The predicted octanol–water partition coefficient (Wildman–Crippen LogP) is 3.59. The maximum Gasteiger partial charge on any atom is 0.0353 e. The number of hydrogen-bond acceptors (Lipinski definition) is 3. The minimum atomic E-state index is -1.62. The molecular weight excluding hydrogens is 260 g/mol. The lowest BCUT2D eigenvalue weighted by molar-refractivity contribution is 1.38. The van der Waals surface area contributed by atoms with Gasteiger partial charge in [-0.05, 0) is 11.1 Å². The molecule has 2 aromatic rings. The molecule has 0 aliphatic heterocycles. The van der Waals surface area contributed by atoms with Crippen molar-refractivity contribution in [2.75, 3.05) is 0 Å². The van der Waals surface area contributed by atoms with Crippen LogP contribution in [0.2, 0.25) is 0 Å². The van der Waals surface area contributed by atoms with Gasteiger partial charge < -0.3 is 0 Å². The Bertz CT molecular complexity index is 472. The van der Waals surface area contributed by atoms with Crippen molar-refractivity contribution < 1.29 is 0 Å². The van der Waals surface area contributed by atoms with E-state index in [-0.39, 0.29) is 0 Å². The Hall–Kier alpha value is -0.940. The van der Waals surface area contributed by atoms with Gasteiger partial charge in [0.05, 0.1) is 0 Å². The lowest BCUT2D eigenvalue weighted by Gasteiger charge is -2.29. The third-order valence-corrected chi connectivity index (χ3v) is 6.22. The van der Waals surface area contributed by atoms with Gasteiger partial charge in [0.25, 0.3) is 0 Å². The fraction of sp³-hybridized carbons (Fsp3) is 0.143. The molecule has 2 aromatic carbocycles. The fourth-order valence-corrected chi connectivity index (χ4v) is 4.70. The van der Waals surface area contributed by atoms with Crippen molar-refractivity contribution >= 4 is 20.2 Å². The summed E-state index contributed by atoms with van der Waals surface area (Å²) in [5.41, 5.74) is 2.47. The Morgan fingerprint density at radius 2 is 1.28 bits per heavy atom. The van der Waals surface area contributed by atoms with E-state index in [4.69, 9.17) is 10.3 Å². The van der Waals surface area contributed by atoms with E-state index in [1.54, 1.807) is 10.8 Å². The maximum atomic E-state index is 6.22. The zero-order valence-electron chi connectivity index (χ0n) is 10.2. The van der Waals surface area contributed by atoms with E-state index in [0.717, 1.165) is 11.5 Å². The normalized spacial score (nSPS) is 12.3. The molecule has 0 saturated heterocycles. The molecule has 0 amide bonds. The van der Waals surface area contributed by atoms with Crippen molar-refractivity contribution in [3.8, 4) is 0 Å². The summed E-state index contributed by atoms with van der Waals surface area (Å²) in [6, 6.07) is 20.5. The molecule has 0 bridgehead atoms. The van der Waals surface area contributed by atoms with Gasteiger partial charge in [0.1, 0.15) is 0 Å². The van der Waals surface area contributed by atoms with Crippen molar-refractivity contribution in [3.63, 3.8) is 0 Å². The summed E-state index contributed by atoms with van der Waals surface area (Å²) in [6.07, 6.45) is 0. The highest BCUT2D eigenvalue weighted by molar-refractivity contribution is 8.91. The third kappa shape index (κ3) is 4.38. The minimum absolute atomic E-state index is 0.755. The van der Waals surface area contributed by atoms with Gasteiger partial charge in [-0.2, -0.15) is 0 Å². The van der Waals surface area contributed by atoms with E-state index < -0.39 is 9.43 Å². The second-order valence-corrected chi connectivity index (χ2v) is 9.10. The summed E-state index contributed by atoms with van der Waals surface area (Å²) < 4.78 is 0. The largest absolute Gasteiger partial charge is 0.275 e. The first kappa shape index (κ1) is 13.5. The van der Waals surface area contributed by atoms with E-state index in [9.17, 15) is 0 Å². The molecule has 4 N–H and O–H groups in total. The van der Waals surface area contributed by atoms with Gasteiger partial charge in [-0.3, -0.25) is 10.3 Å². The Labute approximate surface area is 114 Å². The highest BCUT2D eigenvalue weighted by atomic mass is 33.2. The topological polar surface area (TPSA) is 52.0 Å². The average Bonchev–Trinajstić information content (AvgIpc) is 2.38. The molecule has 0 aromatic heterocycles. The lowest BCUT2D eigenvalue weighted by Crippen LogP contribution is -2.18. The predicted molar refractivity (Wildman–Crippen MR) is 83.8 cm³/mol. The van der Waals surface area contributed by atoms with E-state index >= 15 is 0 Å². The summed E-state index contributed by atoms with van der Waals surface area (Å²) in [5, 5.41) is 12.4. The quantitative estimate of drug-likeness (QED) is 0.822. The fourth-order valence-electron chi connectivity index (χ4n) is 1.63. The summed E-state index contributed by atoms with van der Waals surface area (Å²) >= 11 is 0. The average molecular weight is 278 g/mol. The molecular formula is C14H18N2S2. The minimum Gasteiger partial charge on any atom is -0.275 e. The molecule has 96 valence electrons. The Kier molecular flexibility index (Phi) is 4.72. The molecule has 2 rings (SSSR count). The van der Waals surface area contributed by atoms with Gasteiger partial charge in [0.2, 0.25) is 0 Å². The van der Waals surface area contributed by atoms with Crippen LogP contribution in [0.1, 0.15) is 11.1 Å². The molecule has 0 spiro atoms. The first-order valence-corrected chi connectivity index (χ1v) is 9.17. The summed E-state index contributed by atoms with van der Waals surface area (Å²) in [6.45, 7) is 0. The van der Waals surface area contributed by atoms with Crippen molar-refractivity contribution in [3.05, 3.63) is 71.8 Å². The molecule has 0 saturated carbocycles. The molecule has 2 nitrogen and oxygen atoms in total. The van der Waals surface area contributed by atoms with Gasteiger partial charge in [-0.15, -0.1) is 0 Å². The van der Waals surface area contributed by atoms with Crippen LogP contribution < -0.4 is 10.3 Å². The van der Waals surface area contributed by atoms with Gasteiger partial charge in [0.15, 0.2) is 0 Å². The molecule has 0 unspecified atom stereocenters. The number of nitrogens with two attached hydrogens (primary N) is 2. The van der Waals surface area contributed by atoms with Gasteiger partial charge in [-0.1, -0.05) is 80.9 Å². The Morgan fingerprint density at radius 1 is 0.778 bits per heavy atom. The van der Waals surface area contributed by atoms with Crippen LogP contribution in [0.5, 0.6) is 0 Å². The third-order valence-electron chi connectivity index (χ3n) is 2.52. The number of hydrogen-bond donors (Lipinski definition) is 2. The van der Waals surface area contributed by atoms with Crippen LogP contribution in [0.25, 0.3) is 0 Å². The molecule has 0 aliphatic rings. The Balaban J connectivity index is 1.91. The van der Waals surface area contributed by atoms with Crippen molar-refractivity contribution in [1.29, 1.82) is 0 Å². The van der Waals surface area contributed by atoms with Crippen LogP contribution in [0, 0.1) is 0 Å². The zero-order chi connectivity index (χ0) is 12.8. The highest BCUT2D eigenvalue weighted by Gasteiger charge is 2.14. The second kappa shape index (κ2) is 6.29. The van der Waals surface area contributed by atoms with E-state index in [0.29, 0.717) is 0 Å². The van der Waals surface area contributed by atoms with Crippen LogP contribution in [-0.2, 0) is 11.5 Å². The van der Waals surface area contributed by atoms with Crippen LogP contribution in [0.3, 0.4) is 0 Å². The zero-order valence-corrected chi connectivity index (χ0v) is 11.8. The molecule has 0 fully saturated rings. The molecule has 18 heavy (non-hydrogen) atoms. The van der Waals surface area contributed by atoms with Gasteiger partial charge in [-0.25, -0.2) is 0 Å². The van der Waals surface area contributed by atoms with Crippen LogP contribution in [0.4, 0.5) is 0 Å². The van der Waals surface area contributed by atoms with Crippen molar-refractivity contribution in [2.45, 2.75) is 11.5 Å². The standard InChI is InChI=1S/C14H18N2S2/c15-18(16,12-14-9-5-2-6-10-14)17-11-13-7-3-1-4-8-13/h1-10H,11-12,15-16H2. The maximum absolute atomic E-state index is 6.22. The monoisotopic (exact) mass is 278 g/mol. The van der Waals surface area contributed by atoms with Crippen LogP contribution in [0.15, 0.2) is 60.7 Å². The van der Waals surface area contributed by atoms with Crippen LogP contribution in [-0.4, -0.2) is 0 Å². The Morgan fingerprint density at radius 3 is 1.83 bits per heavy atom. The van der Waals surface area contributed by atoms with Crippen molar-refractivity contribution in [2.24, 2.45) is 10.3 Å². The molecule has 0 aliphatic carbocycles. The first-order chi connectivity index (χ1) is 8.66. The van der Waals surface area contributed by atoms with Crippen molar-refractivity contribution in [1.82, 2.24) is 0 Å². The molecule has 0 heterocycles. The summed E-state index contributed by atoms with van der Waals surface area (Å²) in [7, 11) is 0.0494. The summed E-state index contributed by atoms with van der Waals surface area (Å²) in [5.74, 6) is 1.63. The van der Waals surface area contributed by atoms with E-state index in [2.05, 4.69) is 24.3 Å². The molecule has 4 heteroatoms. The highest BCUT2D eigenvalue weighted by Crippen LogP contribution is 2.49. The first-order valence-electron chi connectivity index (χ1n) is 5.74. The SMILES string of the molecule is NS(N)(Cc1ccccc1)SCc1ccccc1. The molecule has 0 radical (unpaired) electrons. The van der Waals surface area contributed by atoms with E-state index in [1.165, 1.54) is 11.1 Å². The number of benzene rings is 2.